The van der Waals surface area contributed by atoms with Crippen molar-refractivity contribution in [3.63, 3.8) is 0 Å². The van der Waals surface area contributed by atoms with Gasteiger partial charge in [0.15, 0.2) is 0 Å². The fourth-order valence-electron chi connectivity index (χ4n) is 2.26. The number of hydrogen-bond donors (Lipinski definition) is 1. The van der Waals surface area contributed by atoms with E-state index in [0.717, 1.165) is 5.75 Å². The minimum absolute atomic E-state index is 0.199. The Bertz CT molecular complexity index is 428. The first-order valence-corrected chi connectivity index (χ1v) is 7.90. The summed E-state index contributed by atoms with van der Waals surface area (Å²) in [5.74, 6) is 1.61. The number of aliphatic hydroxyl groups excluding tert-OH is 1. The van der Waals surface area contributed by atoms with Gasteiger partial charge in [0.1, 0.15) is 0 Å². The van der Waals surface area contributed by atoms with Crippen LogP contribution in [0.15, 0.2) is 24.3 Å². The fourth-order valence-corrected chi connectivity index (χ4v) is 3.14. The Labute approximate surface area is 119 Å². The van der Waals surface area contributed by atoms with Gasteiger partial charge < -0.3 is 10.0 Å². The van der Waals surface area contributed by atoms with Crippen molar-refractivity contribution in [3.05, 3.63) is 35.4 Å². The number of aryl methyl sites for hydroxylation is 1. The molecule has 1 saturated heterocycles. The first-order valence-electron chi connectivity index (χ1n) is 6.74. The van der Waals surface area contributed by atoms with E-state index in [1.54, 1.807) is 11.8 Å². The van der Waals surface area contributed by atoms with Crippen molar-refractivity contribution in [2.24, 2.45) is 0 Å². The van der Waals surface area contributed by atoms with Crippen LogP contribution in [-0.4, -0.2) is 40.9 Å². The third-order valence-corrected chi connectivity index (χ3v) is 4.38. The number of likely N-dealkylation sites (tertiary alicyclic amines) is 1. The van der Waals surface area contributed by atoms with Gasteiger partial charge in [-0.1, -0.05) is 29.8 Å². The second-order valence-electron chi connectivity index (χ2n) is 5.09. The number of piperidine rings is 1. The number of aliphatic hydroxyl groups is 1. The van der Waals surface area contributed by atoms with Gasteiger partial charge >= 0.3 is 0 Å². The molecule has 2 rings (SSSR count). The van der Waals surface area contributed by atoms with Crippen LogP contribution >= 0.6 is 11.8 Å². The molecule has 0 radical (unpaired) electrons. The first-order chi connectivity index (χ1) is 9.15. The Morgan fingerprint density at radius 3 is 2.84 bits per heavy atom. The van der Waals surface area contributed by atoms with Gasteiger partial charge in [-0.2, -0.15) is 0 Å². The molecular formula is C15H21NO2S. The van der Waals surface area contributed by atoms with Gasteiger partial charge in [-0.05, 0) is 25.3 Å². The second kappa shape index (κ2) is 6.96. The number of hydrogen-bond acceptors (Lipinski definition) is 3. The van der Waals surface area contributed by atoms with Crippen molar-refractivity contribution in [1.29, 1.82) is 0 Å². The Morgan fingerprint density at radius 2 is 2.16 bits per heavy atom. The molecule has 1 fully saturated rings. The Balaban J connectivity index is 1.72. The number of benzene rings is 1. The predicted molar refractivity (Wildman–Crippen MR) is 79.2 cm³/mol. The summed E-state index contributed by atoms with van der Waals surface area (Å²) < 4.78 is 0. The average molecular weight is 279 g/mol. The van der Waals surface area contributed by atoms with Gasteiger partial charge in [-0.15, -0.1) is 11.8 Å². The number of amides is 1. The zero-order valence-corrected chi connectivity index (χ0v) is 12.2. The molecule has 0 atom stereocenters. The molecule has 1 aliphatic heterocycles. The summed E-state index contributed by atoms with van der Waals surface area (Å²) in [7, 11) is 0. The largest absolute Gasteiger partial charge is 0.393 e. The second-order valence-corrected chi connectivity index (χ2v) is 6.08. The first kappa shape index (κ1) is 14.4. The van der Waals surface area contributed by atoms with Crippen LogP contribution in [0.4, 0.5) is 0 Å². The quantitative estimate of drug-likeness (QED) is 0.918. The highest BCUT2D eigenvalue weighted by atomic mass is 32.2. The molecular weight excluding hydrogens is 258 g/mol. The van der Waals surface area contributed by atoms with Crippen LogP contribution in [0.2, 0.25) is 0 Å². The monoisotopic (exact) mass is 279 g/mol. The summed E-state index contributed by atoms with van der Waals surface area (Å²) in [6.07, 6.45) is 1.21. The number of carbonyl (C=O) groups excluding carboxylic acids is 1. The third kappa shape index (κ3) is 4.55. The summed E-state index contributed by atoms with van der Waals surface area (Å²) in [6, 6.07) is 8.40. The highest BCUT2D eigenvalue weighted by Crippen LogP contribution is 2.16. The normalized spacial score (nSPS) is 16.6. The van der Waals surface area contributed by atoms with E-state index in [9.17, 15) is 9.90 Å². The molecule has 1 heterocycles. The summed E-state index contributed by atoms with van der Waals surface area (Å²) >= 11 is 1.66. The van der Waals surface area contributed by atoms with Gasteiger partial charge in [-0.3, -0.25) is 4.79 Å². The zero-order valence-electron chi connectivity index (χ0n) is 11.3. The minimum Gasteiger partial charge on any atom is -0.393 e. The third-order valence-electron chi connectivity index (χ3n) is 3.39. The molecule has 1 amide bonds. The number of rotatable bonds is 4. The zero-order chi connectivity index (χ0) is 13.7. The number of carbonyl (C=O) groups is 1. The molecule has 0 spiro atoms. The fraction of sp³-hybridized carbons (Fsp3) is 0.533. The Morgan fingerprint density at radius 1 is 1.42 bits per heavy atom. The van der Waals surface area contributed by atoms with E-state index in [4.69, 9.17) is 0 Å². The lowest BCUT2D eigenvalue weighted by molar-refractivity contribution is -0.130. The molecule has 4 heteroatoms. The van der Waals surface area contributed by atoms with E-state index >= 15 is 0 Å². The molecule has 1 aliphatic rings. The molecule has 1 aromatic carbocycles. The number of nitrogens with zero attached hydrogens (tertiary/aromatic N) is 1. The highest BCUT2D eigenvalue weighted by molar-refractivity contribution is 7.99. The van der Waals surface area contributed by atoms with E-state index in [1.165, 1.54) is 11.1 Å². The van der Waals surface area contributed by atoms with Gasteiger partial charge in [0.25, 0.3) is 0 Å². The van der Waals surface area contributed by atoms with Crippen LogP contribution in [0.1, 0.15) is 24.0 Å². The summed E-state index contributed by atoms with van der Waals surface area (Å²) in [5, 5.41) is 9.42. The Kier molecular flexibility index (Phi) is 5.28. The molecule has 0 aliphatic carbocycles. The molecule has 1 N–H and O–H groups in total. The SMILES string of the molecule is Cc1cccc(CSCC(=O)N2CCC(O)CC2)c1. The van der Waals surface area contributed by atoms with Gasteiger partial charge in [0.2, 0.25) is 5.91 Å². The standard InChI is InChI=1S/C15H21NO2S/c1-12-3-2-4-13(9-12)10-19-11-15(18)16-7-5-14(17)6-8-16/h2-4,9,14,17H,5-8,10-11H2,1H3. The highest BCUT2D eigenvalue weighted by Gasteiger charge is 2.20. The summed E-state index contributed by atoms with van der Waals surface area (Å²) in [5.41, 5.74) is 2.53. The van der Waals surface area contributed by atoms with Crippen molar-refractivity contribution in [1.82, 2.24) is 4.90 Å². The number of thioether (sulfide) groups is 1. The molecule has 104 valence electrons. The maximum Gasteiger partial charge on any atom is 0.232 e. The van der Waals surface area contributed by atoms with Gasteiger partial charge in [0.05, 0.1) is 11.9 Å². The lowest BCUT2D eigenvalue weighted by atomic mass is 10.1. The Hall–Kier alpha value is -1.00. The molecule has 19 heavy (non-hydrogen) atoms. The maximum absolute atomic E-state index is 12.0. The van der Waals surface area contributed by atoms with E-state index in [1.807, 2.05) is 4.90 Å². The van der Waals surface area contributed by atoms with E-state index in [-0.39, 0.29) is 12.0 Å². The van der Waals surface area contributed by atoms with E-state index < -0.39 is 0 Å². The average Bonchev–Trinajstić information content (AvgIpc) is 2.39. The summed E-state index contributed by atoms with van der Waals surface area (Å²) in [4.78, 5) is 13.9. The van der Waals surface area contributed by atoms with Crippen molar-refractivity contribution in [3.8, 4) is 0 Å². The molecule has 0 saturated carbocycles. The molecule has 1 aromatic rings. The predicted octanol–water partition coefficient (Wildman–Crippen LogP) is 2.21. The van der Waals surface area contributed by atoms with Crippen LogP contribution in [0.3, 0.4) is 0 Å². The van der Waals surface area contributed by atoms with Crippen molar-refractivity contribution in [2.75, 3.05) is 18.8 Å². The minimum atomic E-state index is -0.219. The molecule has 3 nitrogen and oxygen atoms in total. The maximum atomic E-state index is 12.0. The lowest BCUT2D eigenvalue weighted by Crippen LogP contribution is -2.40. The molecule has 0 unspecified atom stereocenters. The summed E-state index contributed by atoms with van der Waals surface area (Å²) in [6.45, 7) is 3.48. The van der Waals surface area contributed by atoms with Crippen molar-refractivity contribution in [2.45, 2.75) is 31.6 Å². The van der Waals surface area contributed by atoms with Gasteiger partial charge in [-0.25, -0.2) is 0 Å². The van der Waals surface area contributed by atoms with Crippen molar-refractivity contribution < 1.29 is 9.90 Å². The van der Waals surface area contributed by atoms with Crippen LogP contribution in [-0.2, 0) is 10.5 Å². The smallest absolute Gasteiger partial charge is 0.232 e. The van der Waals surface area contributed by atoms with Crippen molar-refractivity contribution >= 4 is 17.7 Å². The molecule has 0 bridgehead atoms. The van der Waals surface area contributed by atoms with Crippen LogP contribution < -0.4 is 0 Å². The lowest BCUT2D eigenvalue weighted by Gasteiger charge is -2.29. The van der Waals surface area contributed by atoms with Crippen LogP contribution in [0.25, 0.3) is 0 Å². The topological polar surface area (TPSA) is 40.5 Å². The van der Waals surface area contributed by atoms with E-state index in [0.29, 0.717) is 31.7 Å². The molecule has 0 aromatic heterocycles. The van der Waals surface area contributed by atoms with Crippen LogP contribution in [0.5, 0.6) is 0 Å². The van der Waals surface area contributed by atoms with E-state index in [2.05, 4.69) is 31.2 Å². The van der Waals surface area contributed by atoms with Gasteiger partial charge in [0, 0.05) is 18.8 Å². The van der Waals surface area contributed by atoms with Crippen LogP contribution in [0, 0.1) is 6.92 Å².